The Labute approximate surface area is 114 Å². The summed E-state index contributed by atoms with van der Waals surface area (Å²) < 4.78 is 0. The van der Waals surface area contributed by atoms with Crippen molar-refractivity contribution in [2.45, 2.75) is 77.4 Å². The van der Waals surface area contributed by atoms with Gasteiger partial charge in [0.25, 0.3) is 0 Å². The molecule has 3 unspecified atom stereocenters. The second-order valence-electron chi connectivity index (χ2n) is 6.87. The fraction of sp³-hybridized carbons (Fsp3) is 1.00. The van der Waals surface area contributed by atoms with Crippen LogP contribution < -0.4 is 5.32 Å². The molecule has 2 rings (SSSR count). The van der Waals surface area contributed by atoms with Gasteiger partial charge in [-0.15, -0.1) is 0 Å². The van der Waals surface area contributed by atoms with Gasteiger partial charge >= 0.3 is 0 Å². The van der Waals surface area contributed by atoms with Gasteiger partial charge in [-0.25, -0.2) is 0 Å². The number of likely N-dealkylation sites (N-methyl/N-ethyl adjacent to an activating group) is 1. The summed E-state index contributed by atoms with van der Waals surface area (Å²) in [6.45, 7) is 8.39. The number of hydrogen-bond donors (Lipinski definition) is 1. The van der Waals surface area contributed by atoms with Gasteiger partial charge in [-0.3, -0.25) is 4.90 Å². The number of hydrogen-bond acceptors (Lipinski definition) is 2. The Bertz CT molecular complexity index is 247. The van der Waals surface area contributed by atoms with E-state index in [1.807, 2.05) is 0 Å². The molecule has 2 heteroatoms. The normalized spacial score (nSPS) is 33.3. The molecular formula is C16H32N2. The van der Waals surface area contributed by atoms with Crippen LogP contribution in [0, 0.1) is 11.8 Å². The highest BCUT2D eigenvalue weighted by Crippen LogP contribution is 2.36. The van der Waals surface area contributed by atoms with Crippen LogP contribution >= 0.6 is 0 Å². The van der Waals surface area contributed by atoms with E-state index in [1.165, 1.54) is 45.1 Å². The molecule has 2 fully saturated rings. The molecule has 0 aromatic heterocycles. The molecule has 0 bridgehead atoms. The van der Waals surface area contributed by atoms with Gasteiger partial charge in [0.15, 0.2) is 0 Å². The molecule has 0 radical (unpaired) electrons. The lowest BCUT2D eigenvalue weighted by atomic mass is 9.80. The van der Waals surface area contributed by atoms with Crippen molar-refractivity contribution in [3.63, 3.8) is 0 Å². The van der Waals surface area contributed by atoms with Crippen LogP contribution in [0.5, 0.6) is 0 Å². The predicted molar refractivity (Wildman–Crippen MR) is 78.8 cm³/mol. The second-order valence-corrected chi connectivity index (χ2v) is 6.87. The largest absolute Gasteiger partial charge is 0.315 e. The molecule has 0 aromatic carbocycles. The van der Waals surface area contributed by atoms with E-state index in [1.54, 1.807) is 0 Å². The van der Waals surface area contributed by atoms with Gasteiger partial charge in [-0.1, -0.05) is 27.2 Å². The lowest BCUT2D eigenvalue weighted by Gasteiger charge is -2.43. The smallest absolute Gasteiger partial charge is 0.0254 e. The summed E-state index contributed by atoms with van der Waals surface area (Å²) in [5.41, 5.74) is 0. The molecule has 0 heterocycles. The average Bonchev–Trinajstić information content (AvgIpc) is 3.19. The van der Waals surface area contributed by atoms with Crippen LogP contribution in [0.25, 0.3) is 0 Å². The van der Waals surface area contributed by atoms with E-state index in [-0.39, 0.29) is 0 Å². The standard InChI is InChI=1S/C16H32N2/c1-5-13-6-9-15(17-4)16(10-13)18(11-12(2)3)14-7-8-14/h12-17H,5-11H2,1-4H3. The highest BCUT2D eigenvalue weighted by atomic mass is 15.2. The molecule has 18 heavy (non-hydrogen) atoms. The van der Waals surface area contributed by atoms with Crippen molar-refractivity contribution in [2.75, 3.05) is 13.6 Å². The third-order valence-corrected chi connectivity index (χ3v) is 4.89. The summed E-state index contributed by atoms with van der Waals surface area (Å²) in [4.78, 5) is 2.85. The van der Waals surface area contributed by atoms with Crippen molar-refractivity contribution in [2.24, 2.45) is 11.8 Å². The van der Waals surface area contributed by atoms with Crippen LogP contribution in [-0.2, 0) is 0 Å². The summed E-state index contributed by atoms with van der Waals surface area (Å²) in [7, 11) is 2.16. The average molecular weight is 252 g/mol. The van der Waals surface area contributed by atoms with E-state index >= 15 is 0 Å². The SMILES string of the molecule is CCC1CCC(NC)C(N(CC(C)C)C2CC2)C1. The lowest BCUT2D eigenvalue weighted by Crippen LogP contribution is -2.54. The van der Waals surface area contributed by atoms with E-state index in [0.29, 0.717) is 0 Å². The molecule has 2 nitrogen and oxygen atoms in total. The highest BCUT2D eigenvalue weighted by Gasteiger charge is 2.39. The van der Waals surface area contributed by atoms with Crippen molar-refractivity contribution >= 4 is 0 Å². The predicted octanol–water partition coefficient (Wildman–Crippen LogP) is 3.27. The minimum atomic E-state index is 0.729. The maximum atomic E-state index is 3.59. The minimum absolute atomic E-state index is 0.729. The Morgan fingerprint density at radius 1 is 1.17 bits per heavy atom. The quantitative estimate of drug-likeness (QED) is 0.780. The fourth-order valence-corrected chi connectivity index (χ4v) is 3.69. The fourth-order valence-electron chi connectivity index (χ4n) is 3.69. The van der Waals surface area contributed by atoms with Crippen molar-refractivity contribution < 1.29 is 0 Å². The van der Waals surface area contributed by atoms with Crippen molar-refractivity contribution in [1.82, 2.24) is 10.2 Å². The summed E-state index contributed by atoms with van der Waals surface area (Å²) in [5, 5.41) is 3.59. The molecule has 0 aromatic rings. The van der Waals surface area contributed by atoms with Crippen LogP contribution in [0.4, 0.5) is 0 Å². The maximum absolute atomic E-state index is 3.59. The molecule has 0 spiro atoms. The van der Waals surface area contributed by atoms with Crippen LogP contribution in [0.1, 0.15) is 59.3 Å². The first kappa shape index (κ1) is 14.3. The highest BCUT2D eigenvalue weighted by molar-refractivity contribution is 4.96. The molecule has 3 atom stereocenters. The molecule has 0 aliphatic heterocycles. The zero-order chi connectivity index (χ0) is 13.1. The van der Waals surface area contributed by atoms with Crippen LogP contribution in [0.2, 0.25) is 0 Å². The Kier molecular flexibility index (Phi) is 5.08. The van der Waals surface area contributed by atoms with Crippen LogP contribution in [-0.4, -0.2) is 36.6 Å². The number of nitrogens with one attached hydrogen (secondary N) is 1. The summed E-state index contributed by atoms with van der Waals surface area (Å²) >= 11 is 0. The van der Waals surface area contributed by atoms with Gasteiger partial charge in [-0.05, 0) is 51.0 Å². The van der Waals surface area contributed by atoms with Gasteiger partial charge in [0.2, 0.25) is 0 Å². The third-order valence-electron chi connectivity index (χ3n) is 4.89. The van der Waals surface area contributed by atoms with Gasteiger partial charge < -0.3 is 5.32 Å². The molecule has 0 amide bonds. The molecule has 106 valence electrons. The second kappa shape index (κ2) is 6.38. The van der Waals surface area contributed by atoms with E-state index < -0.39 is 0 Å². The Morgan fingerprint density at radius 3 is 2.39 bits per heavy atom. The summed E-state index contributed by atoms with van der Waals surface area (Å²) in [5.74, 6) is 1.76. The molecule has 0 saturated heterocycles. The van der Waals surface area contributed by atoms with Crippen molar-refractivity contribution in [3.8, 4) is 0 Å². The minimum Gasteiger partial charge on any atom is -0.315 e. The summed E-state index contributed by atoms with van der Waals surface area (Å²) in [6.07, 6.45) is 8.48. The van der Waals surface area contributed by atoms with Gasteiger partial charge in [0.1, 0.15) is 0 Å². The molecule has 2 saturated carbocycles. The van der Waals surface area contributed by atoms with Crippen molar-refractivity contribution in [3.05, 3.63) is 0 Å². The summed E-state index contributed by atoms with van der Waals surface area (Å²) in [6, 6.07) is 2.43. The van der Waals surface area contributed by atoms with Crippen LogP contribution in [0.3, 0.4) is 0 Å². The Hall–Kier alpha value is -0.0800. The molecular weight excluding hydrogens is 220 g/mol. The number of rotatable bonds is 6. The first-order valence-corrected chi connectivity index (χ1v) is 8.08. The van der Waals surface area contributed by atoms with E-state index in [0.717, 1.165) is 30.0 Å². The monoisotopic (exact) mass is 252 g/mol. The van der Waals surface area contributed by atoms with Crippen LogP contribution in [0.15, 0.2) is 0 Å². The zero-order valence-corrected chi connectivity index (χ0v) is 12.8. The Morgan fingerprint density at radius 2 is 1.89 bits per heavy atom. The third kappa shape index (κ3) is 3.48. The Balaban J connectivity index is 2.03. The van der Waals surface area contributed by atoms with Gasteiger partial charge in [-0.2, -0.15) is 0 Å². The van der Waals surface area contributed by atoms with E-state index in [4.69, 9.17) is 0 Å². The van der Waals surface area contributed by atoms with E-state index in [9.17, 15) is 0 Å². The van der Waals surface area contributed by atoms with E-state index in [2.05, 4.69) is 38.0 Å². The maximum Gasteiger partial charge on any atom is 0.0254 e. The first-order valence-electron chi connectivity index (χ1n) is 8.08. The molecule has 2 aliphatic rings. The first-order chi connectivity index (χ1) is 8.65. The van der Waals surface area contributed by atoms with Gasteiger partial charge in [0, 0.05) is 24.7 Å². The zero-order valence-electron chi connectivity index (χ0n) is 12.8. The molecule has 2 aliphatic carbocycles. The molecule has 1 N–H and O–H groups in total. The van der Waals surface area contributed by atoms with Crippen molar-refractivity contribution in [1.29, 1.82) is 0 Å². The lowest BCUT2D eigenvalue weighted by molar-refractivity contribution is 0.0810. The van der Waals surface area contributed by atoms with Gasteiger partial charge in [0.05, 0.1) is 0 Å². The number of nitrogens with zero attached hydrogens (tertiary/aromatic N) is 1. The topological polar surface area (TPSA) is 15.3 Å².